The van der Waals surface area contributed by atoms with Crippen LogP contribution in [-0.4, -0.2) is 82.0 Å². The molecule has 12 heteroatoms. The van der Waals surface area contributed by atoms with Crippen LogP contribution >= 0.6 is 11.3 Å². The maximum absolute atomic E-state index is 13.3. The fourth-order valence-corrected chi connectivity index (χ4v) is 5.69. The molecule has 3 heterocycles. The van der Waals surface area contributed by atoms with Crippen molar-refractivity contribution in [1.29, 1.82) is 5.41 Å². The molecule has 1 aromatic heterocycles. The Hall–Kier alpha value is -3.80. The Morgan fingerprint density at radius 3 is 2.68 bits per heavy atom. The molecule has 38 heavy (non-hydrogen) atoms. The molecule has 4 rings (SSSR count). The molecule has 2 saturated heterocycles. The number of carbonyl (C=O) groups is 4. The lowest BCUT2D eigenvalue weighted by Crippen LogP contribution is -2.62. The molecule has 2 aliphatic heterocycles. The molecule has 5 N–H and O–H groups in total. The lowest BCUT2D eigenvalue weighted by Gasteiger charge is -2.38. The second-order valence-electron chi connectivity index (χ2n) is 9.50. The van der Waals surface area contributed by atoms with Crippen LogP contribution in [0.15, 0.2) is 41.9 Å². The largest absolute Gasteiger partial charge is 0.370 e. The van der Waals surface area contributed by atoms with Gasteiger partial charge in [-0.1, -0.05) is 30.3 Å². The number of guanidine groups is 1. The topological polar surface area (TPSA) is 162 Å². The van der Waals surface area contributed by atoms with Gasteiger partial charge < -0.3 is 26.2 Å². The summed E-state index contributed by atoms with van der Waals surface area (Å²) in [6.45, 7) is 0.809. The van der Waals surface area contributed by atoms with Crippen LogP contribution in [0.5, 0.6) is 0 Å². The van der Waals surface area contributed by atoms with E-state index in [1.807, 2.05) is 30.3 Å². The zero-order valence-corrected chi connectivity index (χ0v) is 21.9. The van der Waals surface area contributed by atoms with E-state index < -0.39 is 24.0 Å². The van der Waals surface area contributed by atoms with Gasteiger partial charge in [-0.05, 0) is 44.1 Å². The number of benzene rings is 1. The molecule has 0 aliphatic carbocycles. The zero-order valence-electron chi connectivity index (χ0n) is 21.1. The molecule has 1 aromatic carbocycles. The summed E-state index contributed by atoms with van der Waals surface area (Å²) in [5.74, 6) is -1.30. The average molecular weight is 540 g/mol. The molecule has 1 unspecified atom stereocenters. The Kier molecular flexibility index (Phi) is 9.06. The second kappa shape index (κ2) is 12.6. The normalized spacial score (nSPS) is 19.7. The van der Waals surface area contributed by atoms with Crippen LogP contribution < -0.4 is 16.4 Å². The first-order valence-electron chi connectivity index (χ1n) is 12.8. The number of amides is 3. The SMILES string of the molecule is N=C(N)NCCCC(NC(=O)[C@@H]1CC[C@H]2C(=O)N(CCCc3ccccc3)CC(=O)N12)C(=O)c1nccs1. The predicted octanol–water partition coefficient (Wildman–Crippen LogP) is 0.908. The number of hydrogen-bond donors (Lipinski definition) is 4. The minimum Gasteiger partial charge on any atom is -0.370 e. The highest BCUT2D eigenvalue weighted by Crippen LogP contribution is 2.30. The van der Waals surface area contributed by atoms with Crippen molar-refractivity contribution in [3.8, 4) is 0 Å². The number of hydrogen-bond acceptors (Lipinski definition) is 7. The molecular formula is C26H33N7O4S. The maximum atomic E-state index is 13.3. The number of nitrogens with two attached hydrogens (primary N) is 1. The van der Waals surface area contributed by atoms with E-state index >= 15 is 0 Å². The number of rotatable bonds is 12. The van der Waals surface area contributed by atoms with Gasteiger partial charge in [-0.15, -0.1) is 11.3 Å². The van der Waals surface area contributed by atoms with Gasteiger partial charge in [0.05, 0.1) is 12.6 Å². The Morgan fingerprint density at radius 2 is 1.97 bits per heavy atom. The minimum atomic E-state index is -0.841. The number of thiazole rings is 1. The molecule has 11 nitrogen and oxygen atoms in total. The molecule has 2 aromatic rings. The van der Waals surface area contributed by atoms with Gasteiger partial charge in [0.15, 0.2) is 11.0 Å². The number of aromatic nitrogens is 1. The van der Waals surface area contributed by atoms with Gasteiger partial charge in [0, 0.05) is 24.7 Å². The van der Waals surface area contributed by atoms with Crippen molar-refractivity contribution in [2.75, 3.05) is 19.6 Å². The summed E-state index contributed by atoms with van der Waals surface area (Å²) in [6, 6.07) is 7.69. The van der Waals surface area contributed by atoms with E-state index in [1.165, 1.54) is 28.0 Å². The smallest absolute Gasteiger partial charge is 0.245 e. The number of carbonyl (C=O) groups excluding carboxylic acids is 4. The summed E-state index contributed by atoms with van der Waals surface area (Å²) in [6.07, 6.45) is 4.64. The predicted molar refractivity (Wildman–Crippen MR) is 143 cm³/mol. The van der Waals surface area contributed by atoms with Crippen LogP contribution in [0.2, 0.25) is 0 Å². The number of nitrogens with one attached hydrogen (secondary N) is 3. The molecule has 0 spiro atoms. The van der Waals surface area contributed by atoms with Gasteiger partial charge in [-0.2, -0.15) is 0 Å². The van der Waals surface area contributed by atoms with Crippen molar-refractivity contribution in [1.82, 2.24) is 25.4 Å². The van der Waals surface area contributed by atoms with Crippen LogP contribution in [-0.2, 0) is 20.8 Å². The van der Waals surface area contributed by atoms with Crippen molar-refractivity contribution in [2.24, 2.45) is 5.73 Å². The monoisotopic (exact) mass is 539 g/mol. The van der Waals surface area contributed by atoms with E-state index in [0.29, 0.717) is 38.8 Å². The Morgan fingerprint density at radius 1 is 1.18 bits per heavy atom. The summed E-state index contributed by atoms with van der Waals surface area (Å²) < 4.78 is 0. The Balaban J connectivity index is 1.36. The zero-order chi connectivity index (χ0) is 27.1. The highest BCUT2D eigenvalue weighted by molar-refractivity contribution is 7.11. The van der Waals surface area contributed by atoms with Crippen LogP contribution in [0.4, 0.5) is 0 Å². The van der Waals surface area contributed by atoms with E-state index in [2.05, 4.69) is 15.6 Å². The number of Topliss-reactive ketones (excluding diaryl/α,β-unsaturated/α-hetero) is 1. The molecule has 0 saturated carbocycles. The standard InChI is InChI=1S/C26H33N7O4S/c27-26(28)30-12-4-9-18(22(35)24-29-13-15-38-24)31-23(36)19-10-11-20-25(37)32(16-21(34)33(19)20)14-5-8-17-6-2-1-3-7-17/h1-3,6-7,13,15,18-20H,4-5,8-12,14,16H2,(H,31,36)(H4,27,28,30)/t18?,19-,20-/m0/s1. The van der Waals surface area contributed by atoms with E-state index in [0.717, 1.165) is 12.8 Å². The Labute approximate surface area is 225 Å². The van der Waals surface area contributed by atoms with Crippen molar-refractivity contribution in [2.45, 2.75) is 56.7 Å². The van der Waals surface area contributed by atoms with Crippen molar-refractivity contribution >= 4 is 40.8 Å². The maximum Gasteiger partial charge on any atom is 0.245 e. The second-order valence-corrected chi connectivity index (χ2v) is 10.4. The number of aryl methyl sites for hydroxylation is 1. The van der Waals surface area contributed by atoms with Crippen LogP contribution in [0.25, 0.3) is 0 Å². The van der Waals surface area contributed by atoms with E-state index in [-0.39, 0.29) is 35.1 Å². The molecule has 3 amide bonds. The molecule has 3 atom stereocenters. The van der Waals surface area contributed by atoms with E-state index in [9.17, 15) is 19.2 Å². The van der Waals surface area contributed by atoms with Crippen molar-refractivity contribution in [3.05, 3.63) is 52.5 Å². The minimum absolute atomic E-state index is 0.0495. The molecule has 202 valence electrons. The number of nitrogens with zero attached hydrogens (tertiary/aromatic N) is 3. The van der Waals surface area contributed by atoms with Gasteiger partial charge in [0.2, 0.25) is 23.5 Å². The first-order valence-corrected chi connectivity index (χ1v) is 13.7. The molecular weight excluding hydrogens is 506 g/mol. The van der Waals surface area contributed by atoms with Gasteiger partial charge in [-0.25, -0.2) is 4.98 Å². The third-order valence-electron chi connectivity index (χ3n) is 6.90. The quantitative estimate of drug-likeness (QED) is 0.135. The summed E-state index contributed by atoms with van der Waals surface area (Å²) in [4.78, 5) is 59.7. The van der Waals surface area contributed by atoms with Gasteiger partial charge in [-0.3, -0.25) is 24.6 Å². The number of fused-ring (bicyclic) bond motifs is 1. The molecule has 2 aliphatic rings. The third-order valence-corrected chi connectivity index (χ3v) is 7.68. The highest BCUT2D eigenvalue weighted by Gasteiger charge is 2.49. The lowest BCUT2D eigenvalue weighted by atomic mass is 10.1. The summed E-state index contributed by atoms with van der Waals surface area (Å²) in [5.41, 5.74) is 6.50. The number of piperazine rings is 1. The summed E-state index contributed by atoms with van der Waals surface area (Å²) in [5, 5.41) is 14.7. The van der Waals surface area contributed by atoms with Crippen molar-refractivity contribution in [3.63, 3.8) is 0 Å². The van der Waals surface area contributed by atoms with Crippen molar-refractivity contribution < 1.29 is 19.2 Å². The van der Waals surface area contributed by atoms with Gasteiger partial charge in [0.1, 0.15) is 12.1 Å². The lowest BCUT2D eigenvalue weighted by molar-refractivity contribution is -0.157. The fourth-order valence-electron chi connectivity index (χ4n) is 5.06. The third kappa shape index (κ3) is 6.55. The first-order chi connectivity index (χ1) is 18.3. The van der Waals surface area contributed by atoms with Gasteiger partial charge >= 0.3 is 0 Å². The Bertz CT molecular complexity index is 1160. The molecule has 0 radical (unpaired) electrons. The molecule has 0 bridgehead atoms. The average Bonchev–Trinajstić information content (AvgIpc) is 3.60. The summed E-state index contributed by atoms with van der Waals surface area (Å²) >= 11 is 1.19. The van der Waals surface area contributed by atoms with Gasteiger partial charge in [0.25, 0.3) is 0 Å². The summed E-state index contributed by atoms with van der Waals surface area (Å²) in [7, 11) is 0. The van der Waals surface area contributed by atoms with E-state index in [4.69, 9.17) is 11.1 Å². The van der Waals surface area contributed by atoms with Crippen LogP contribution in [0, 0.1) is 5.41 Å². The first kappa shape index (κ1) is 27.2. The fraction of sp³-hybridized carbons (Fsp3) is 0.462. The van der Waals surface area contributed by atoms with Crippen LogP contribution in [0.1, 0.15) is 47.5 Å². The molecule has 2 fully saturated rings. The highest BCUT2D eigenvalue weighted by atomic mass is 32.1. The van der Waals surface area contributed by atoms with E-state index in [1.54, 1.807) is 10.3 Å². The number of ketones is 1. The van der Waals surface area contributed by atoms with Crippen LogP contribution in [0.3, 0.4) is 0 Å².